The minimum absolute atomic E-state index is 0.965. The van der Waals surface area contributed by atoms with Gasteiger partial charge in [0.25, 0.3) is 0 Å². The molecule has 0 aliphatic heterocycles. The highest BCUT2D eigenvalue weighted by Gasteiger charge is 1.99. The Morgan fingerprint density at radius 1 is 1.12 bits per heavy atom. The molecule has 0 atom stereocenters. The van der Waals surface area contributed by atoms with Gasteiger partial charge in [0, 0.05) is 15.9 Å². The molecular formula is C14H16BrNS. The van der Waals surface area contributed by atoms with Gasteiger partial charge in [-0.25, -0.2) is 0 Å². The molecule has 17 heavy (non-hydrogen) atoms. The number of hydrogen-bond donors (Lipinski definition) is 1. The Labute approximate surface area is 115 Å². The average molecular weight is 310 g/mol. The lowest BCUT2D eigenvalue weighted by molar-refractivity contribution is 0.653. The van der Waals surface area contributed by atoms with Crippen molar-refractivity contribution in [3.05, 3.63) is 56.7 Å². The number of halogens is 1. The second kappa shape index (κ2) is 6.94. The molecule has 0 saturated carbocycles. The fourth-order valence-electron chi connectivity index (χ4n) is 1.72. The first kappa shape index (κ1) is 12.8. The second-order valence-corrected chi connectivity index (χ2v) is 5.81. The fourth-order valence-corrected chi connectivity index (χ4v) is 3.18. The number of nitrogens with one attached hydrogen (secondary N) is 1. The first-order valence-electron chi connectivity index (χ1n) is 5.83. The normalized spacial score (nSPS) is 10.6. The van der Waals surface area contributed by atoms with Crippen molar-refractivity contribution < 1.29 is 0 Å². The summed E-state index contributed by atoms with van der Waals surface area (Å²) in [6.07, 6.45) is 2.34. The summed E-state index contributed by atoms with van der Waals surface area (Å²) in [6.45, 7) is 2.03. The van der Waals surface area contributed by atoms with Crippen LogP contribution in [0.25, 0.3) is 0 Å². The smallest absolute Gasteiger partial charge is 0.0327 e. The number of aryl methyl sites for hydroxylation is 1. The molecule has 2 aromatic rings. The lowest BCUT2D eigenvalue weighted by atomic mass is 10.1. The van der Waals surface area contributed by atoms with Crippen LogP contribution < -0.4 is 5.32 Å². The van der Waals surface area contributed by atoms with Gasteiger partial charge in [0.2, 0.25) is 0 Å². The van der Waals surface area contributed by atoms with Crippen LogP contribution in [0.5, 0.6) is 0 Å². The first-order chi connectivity index (χ1) is 8.36. The molecule has 1 N–H and O–H groups in total. The predicted octanol–water partition coefficient (Wildman–Crippen LogP) is 4.23. The molecule has 2 rings (SSSR count). The van der Waals surface area contributed by atoms with Crippen molar-refractivity contribution in [2.45, 2.75) is 19.4 Å². The Hall–Kier alpha value is -0.640. The lowest BCUT2D eigenvalue weighted by Crippen LogP contribution is -2.14. The van der Waals surface area contributed by atoms with E-state index in [2.05, 4.69) is 63.0 Å². The van der Waals surface area contributed by atoms with Crippen LogP contribution in [0.15, 0.2) is 46.3 Å². The van der Waals surface area contributed by atoms with Crippen molar-refractivity contribution >= 4 is 27.3 Å². The summed E-state index contributed by atoms with van der Waals surface area (Å²) < 4.78 is 1.22. The van der Waals surface area contributed by atoms with Gasteiger partial charge < -0.3 is 5.32 Å². The van der Waals surface area contributed by atoms with Crippen LogP contribution >= 0.6 is 27.3 Å². The van der Waals surface area contributed by atoms with E-state index in [1.54, 1.807) is 11.3 Å². The third-order valence-electron chi connectivity index (χ3n) is 2.64. The summed E-state index contributed by atoms with van der Waals surface area (Å²) in [5, 5.41) is 5.60. The van der Waals surface area contributed by atoms with Gasteiger partial charge in [-0.2, -0.15) is 0 Å². The van der Waals surface area contributed by atoms with Crippen LogP contribution in [0.4, 0.5) is 0 Å². The van der Waals surface area contributed by atoms with Gasteiger partial charge in [0.05, 0.1) is 0 Å². The van der Waals surface area contributed by atoms with Gasteiger partial charge in [0.15, 0.2) is 0 Å². The molecule has 0 unspecified atom stereocenters. The van der Waals surface area contributed by atoms with Gasteiger partial charge in [-0.1, -0.05) is 30.3 Å². The maximum Gasteiger partial charge on any atom is 0.0327 e. The molecule has 1 aromatic carbocycles. The van der Waals surface area contributed by atoms with Crippen molar-refractivity contribution in [1.82, 2.24) is 5.32 Å². The van der Waals surface area contributed by atoms with Crippen molar-refractivity contribution in [3.63, 3.8) is 0 Å². The molecule has 0 fully saturated rings. The highest BCUT2D eigenvalue weighted by molar-refractivity contribution is 9.10. The van der Waals surface area contributed by atoms with Gasteiger partial charge in [-0.15, -0.1) is 11.3 Å². The van der Waals surface area contributed by atoms with Crippen LogP contribution in [0.2, 0.25) is 0 Å². The fraction of sp³-hybridized carbons (Fsp3) is 0.286. The maximum absolute atomic E-state index is 3.54. The molecule has 0 radical (unpaired) electrons. The minimum atomic E-state index is 0.965. The average Bonchev–Trinajstić information content (AvgIpc) is 2.76. The molecule has 0 aliphatic rings. The number of benzene rings is 1. The highest BCUT2D eigenvalue weighted by Crippen LogP contribution is 2.22. The Balaban J connectivity index is 1.63. The topological polar surface area (TPSA) is 12.0 Å². The van der Waals surface area contributed by atoms with E-state index >= 15 is 0 Å². The van der Waals surface area contributed by atoms with E-state index in [1.165, 1.54) is 21.3 Å². The van der Waals surface area contributed by atoms with Crippen LogP contribution in [0, 0.1) is 0 Å². The van der Waals surface area contributed by atoms with Gasteiger partial charge >= 0.3 is 0 Å². The zero-order valence-electron chi connectivity index (χ0n) is 9.66. The number of hydrogen-bond acceptors (Lipinski definition) is 2. The molecule has 1 aromatic heterocycles. The first-order valence-corrected chi connectivity index (χ1v) is 7.50. The largest absolute Gasteiger partial charge is 0.312 e. The van der Waals surface area contributed by atoms with Crippen LogP contribution in [-0.4, -0.2) is 6.54 Å². The van der Waals surface area contributed by atoms with Crippen LogP contribution in [0.3, 0.4) is 0 Å². The van der Waals surface area contributed by atoms with Crippen molar-refractivity contribution in [2.75, 3.05) is 6.54 Å². The highest BCUT2D eigenvalue weighted by atomic mass is 79.9. The zero-order chi connectivity index (χ0) is 11.9. The Morgan fingerprint density at radius 3 is 2.65 bits per heavy atom. The number of thiophene rings is 1. The van der Waals surface area contributed by atoms with E-state index in [9.17, 15) is 0 Å². The molecule has 3 heteroatoms. The Morgan fingerprint density at radius 2 is 1.94 bits per heavy atom. The quantitative estimate of drug-likeness (QED) is 0.787. The molecular weight excluding hydrogens is 294 g/mol. The van der Waals surface area contributed by atoms with Gasteiger partial charge in [-0.3, -0.25) is 0 Å². The monoisotopic (exact) mass is 309 g/mol. The minimum Gasteiger partial charge on any atom is -0.312 e. The summed E-state index contributed by atoms with van der Waals surface area (Å²) in [5.41, 5.74) is 1.42. The van der Waals surface area contributed by atoms with E-state index < -0.39 is 0 Å². The summed E-state index contributed by atoms with van der Waals surface area (Å²) in [5.74, 6) is 0. The zero-order valence-corrected chi connectivity index (χ0v) is 12.1. The third kappa shape index (κ3) is 4.26. The molecule has 0 amide bonds. The summed E-state index contributed by atoms with van der Waals surface area (Å²) in [6, 6.07) is 12.8. The molecule has 0 aliphatic carbocycles. The van der Waals surface area contributed by atoms with Crippen molar-refractivity contribution in [2.24, 2.45) is 0 Å². The van der Waals surface area contributed by atoms with Gasteiger partial charge in [0.1, 0.15) is 0 Å². The molecule has 0 bridgehead atoms. The van der Waals surface area contributed by atoms with E-state index in [0.717, 1.165) is 19.5 Å². The van der Waals surface area contributed by atoms with E-state index in [4.69, 9.17) is 0 Å². The standard InChI is InChI=1S/C14H16BrNS/c15-13-8-10-17-14(13)11-16-9-4-7-12-5-2-1-3-6-12/h1-3,5-6,8,10,16H,4,7,9,11H2. The van der Waals surface area contributed by atoms with E-state index in [0.29, 0.717) is 0 Å². The van der Waals surface area contributed by atoms with Gasteiger partial charge in [-0.05, 0) is 52.3 Å². The van der Waals surface area contributed by atoms with Crippen LogP contribution in [-0.2, 0) is 13.0 Å². The summed E-state index contributed by atoms with van der Waals surface area (Å²) in [7, 11) is 0. The molecule has 90 valence electrons. The van der Waals surface area contributed by atoms with Crippen molar-refractivity contribution in [3.8, 4) is 0 Å². The predicted molar refractivity (Wildman–Crippen MR) is 78.5 cm³/mol. The molecule has 1 nitrogen and oxygen atoms in total. The lowest BCUT2D eigenvalue weighted by Gasteiger charge is -2.04. The Bertz CT molecular complexity index is 438. The third-order valence-corrected chi connectivity index (χ3v) is 4.56. The SMILES string of the molecule is Brc1ccsc1CNCCCc1ccccc1. The maximum atomic E-state index is 3.54. The molecule has 0 saturated heterocycles. The Kier molecular flexibility index (Phi) is 5.23. The van der Waals surface area contributed by atoms with E-state index in [1.807, 2.05) is 0 Å². The summed E-state index contributed by atoms with van der Waals surface area (Å²) in [4.78, 5) is 1.38. The number of rotatable bonds is 6. The van der Waals surface area contributed by atoms with E-state index in [-0.39, 0.29) is 0 Å². The van der Waals surface area contributed by atoms with Crippen LogP contribution in [0.1, 0.15) is 16.9 Å². The second-order valence-electron chi connectivity index (χ2n) is 3.96. The molecule has 0 spiro atoms. The summed E-state index contributed by atoms with van der Waals surface area (Å²) >= 11 is 5.34. The molecule has 1 heterocycles. The van der Waals surface area contributed by atoms with Crippen molar-refractivity contribution in [1.29, 1.82) is 0 Å².